The molecule has 0 aliphatic carbocycles. The molecule has 0 aromatic heterocycles. The van der Waals surface area contributed by atoms with E-state index in [1.807, 2.05) is 0 Å². The molecule has 2 atom stereocenters. The number of hydrogen-bond acceptors (Lipinski definition) is 1. The van der Waals surface area contributed by atoms with Crippen molar-refractivity contribution >= 4 is 0 Å². The maximum absolute atomic E-state index is 6.24. The van der Waals surface area contributed by atoms with Crippen LogP contribution in [0.4, 0.5) is 0 Å². The van der Waals surface area contributed by atoms with E-state index in [9.17, 15) is 0 Å². The quantitative estimate of drug-likeness (QED) is 0.824. The number of hydrogen-bond donors (Lipinski definition) is 1. The lowest BCUT2D eigenvalue weighted by molar-refractivity contribution is 0.344. The molecular weight excluding hydrogens is 194 g/mol. The van der Waals surface area contributed by atoms with Gasteiger partial charge in [0, 0.05) is 6.04 Å². The third-order valence-electron chi connectivity index (χ3n) is 3.77. The van der Waals surface area contributed by atoms with Crippen LogP contribution in [0.3, 0.4) is 0 Å². The summed E-state index contributed by atoms with van der Waals surface area (Å²) in [5, 5.41) is 0. The molecule has 1 rings (SSSR count). The van der Waals surface area contributed by atoms with Crippen molar-refractivity contribution in [1.29, 1.82) is 0 Å². The van der Waals surface area contributed by atoms with Gasteiger partial charge < -0.3 is 5.73 Å². The predicted molar refractivity (Wildman–Crippen MR) is 71.6 cm³/mol. The second-order valence-corrected chi connectivity index (χ2v) is 5.39. The first-order chi connectivity index (χ1) is 7.41. The van der Waals surface area contributed by atoms with E-state index >= 15 is 0 Å². The van der Waals surface area contributed by atoms with Crippen LogP contribution in [0.15, 0.2) is 18.2 Å². The third-order valence-corrected chi connectivity index (χ3v) is 3.77. The zero-order chi connectivity index (χ0) is 12.3. The van der Waals surface area contributed by atoms with Gasteiger partial charge >= 0.3 is 0 Å². The largest absolute Gasteiger partial charge is 0.327 e. The van der Waals surface area contributed by atoms with Gasteiger partial charge in [-0.15, -0.1) is 0 Å². The molecule has 0 saturated heterocycles. The molecule has 1 heteroatoms. The summed E-state index contributed by atoms with van der Waals surface area (Å²) in [4.78, 5) is 0. The van der Waals surface area contributed by atoms with Crippen molar-refractivity contribution in [2.75, 3.05) is 0 Å². The number of rotatable bonds is 4. The minimum atomic E-state index is 0.266. The zero-order valence-electron chi connectivity index (χ0n) is 11.2. The average molecular weight is 219 g/mol. The minimum absolute atomic E-state index is 0.266. The highest BCUT2D eigenvalue weighted by atomic mass is 14.6. The number of benzene rings is 1. The van der Waals surface area contributed by atoms with E-state index in [1.54, 1.807) is 0 Å². The van der Waals surface area contributed by atoms with Gasteiger partial charge in [-0.3, -0.25) is 0 Å². The molecule has 16 heavy (non-hydrogen) atoms. The molecule has 0 heterocycles. The molecule has 0 spiro atoms. The van der Waals surface area contributed by atoms with Crippen LogP contribution in [0.5, 0.6) is 0 Å². The summed E-state index contributed by atoms with van der Waals surface area (Å²) in [6.07, 6.45) is 0.987. The Hall–Kier alpha value is -0.820. The molecule has 90 valence electrons. The molecule has 1 aromatic rings. The molecule has 0 fully saturated rings. The maximum atomic E-state index is 6.24. The second kappa shape index (κ2) is 5.49. The van der Waals surface area contributed by atoms with Crippen LogP contribution in [0.2, 0.25) is 0 Å². The molecule has 0 amide bonds. The lowest BCUT2D eigenvalue weighted by Crippen LogP contribution is -2.33. The van der Waals surface area contributed by atoms with Gasteiger partial charge in [-0.05, 0) is 48.8 Å². The van der Waals surface area contributed by atoms with Crippen LogP contribution in [0.25, 0.3) is 0 Å². The van der Waals surface area contributed by atoms with E-state index in [0.29, 0.717) is 11.8 Å². The maximum Gasteiger partial charge on any atom is 0.0108 e. The van der Waals surface area contributed by atoms with E-state index in [1.165, 1.54) is 16.7 Å². The fourth-order valence-corrected chi connectivity index (χ4v) is 1.88. The highest BCUT2D eigenvalue weighted by Crippen LogP contribution is 2.18. The Morgan fingerprint density at radius 3 is 2.19 bits per heavy atom. The Bertz CT molecular complexity index is 341. The molecule has 0 bridgehead atoms. The Morgan fingerprint density at radius 1 is 1.06 bits per heavy atom. The SMILES string of the molecule is Cc1ccc(CC(N)C(C)C(C)C)cc1C. The van der Waals surface area contributed by atoms with Gasteiger partial charge in [0.25, 0.3) is 0 Å². The van der Waals surface area contributed by atoms with Crippen molar-refractivity contribution < 1.29 is 0 Å². The van der Waals surface area contributed by atoms with Crippen LogP contribution >= 0.6 is 0 Å². The van der Waals surface area contributed by atoms with Crippen molar-refractivity contribution in [3.8, 4) is 0 Å². The Labute approximate surface area is 100 Å². The summed E-state index contributed by atoms with van der Waals surface area (Å²) in [6, 6.07) is 6.93. The lowest BCUT2D eigenvalue weighted by atomic mass is 9.87. The summed E-state index contributed by atoms with van der Waals surface area (Å²) < 4.78 is 0. The van der Waals surface area contributed by atoms with E-state index < -0.39 is 0 Å². The minimum Gasteiger partial charge on any atom is -0.327 e. The fourth-order valence-electron chi connectivity index (χ4n) is 1.88. The average Bonchev–Trinajstić information content (AvgIpc) is 2.22. The topological polar surface area (TPSA) is 26.0 Å². The first-order valence-electron chi connectivity index (χ1n) is 6.23. The van der Waals surface area contributed by atoms with Crippen LogP contribution in [-0.4, -0.2) is 6.04 Å². The van der Waals surface area contributed by atoms with E-state index in [2.05, 4.69) is 52.8 Å². The lowest BCUT2D eigenvalue weighted by Gasteiger charge is -2.23. The molecule has 0 aliphatic heterocycles. The monoisotopic (exact) mass is 219 g/mol. The molecule has 2 unspecified atom stereocenters. The molecule has 1 aromatic carbocycles. The number of nitrogens with two attached hydrogens (primary N) is 1. The molecule has 0 saturated carbocycles. The Balaban J connectivity index is 2.69. The number of aryl methyl sites for hydroxylation is 2. The first-order valence-corrected chi connectivity index (χ1v) is 6.23. The standard InChI is InChI=1S/C15H25N/c1-10(2)13(5)15(16)9-14-7-6-11(3)12(4)8-14/h6-8,10,13,15H,9,16H2,1-5H3. The molecular formula is C15H25N. The summed E-state index contributed by atoms with van der Waals surface area (Å²) in [7, 11) is 0. The normalized spacial score (nSPS) is 15.2. The third kappa shape index (κ3) is 3.34. The van der Waals surface area contributed by atoms with Crippen LogP contribution in [-0.2, 0) is 6.42 Å². The van der Waals surface area contributed by atoms with Gasteiger partial charge in [-0.1, -0.05) is 39.0 Å². The summed E-state index contributed by atoms with van der Waals surface area (Å²) in [5.74, 6) is 1.23. The first kappa shape index (κ1) is 13.2. The van der Waals surface area contributed by atoms with E-state index in [-0.39, 0.29) is 6.04 Å². The van der Waals surface area contributed by atoms with Gasteiger partial charge in [0.1, 0.15) is 0 Å². The molecule has 2 N–H and O–H groups in total. The van der Waals surface area contributed by atoms with Crippen LogP contribution in [0, 0.1) is 25.7 Å². The van der Waals surface area contributed by atoms with Gasteiger partial charge in [0.2, 0.25) is 0 Å². The smallest absolute Gasteiger partial charge is 0.0108 e. The summed E-state index contributed by atoms with van der Waals surface area (Å²) in [6.45, 7) is 11.0. The molecule has 1 nitrogen and oxygen atoms in total. The van der Waals surface area contributed by atoms with Crippen molar-refractivity contribution in [3.63, 3.8) is 0 Å². The van der Waals surface area contributed by atoms with Gasteiger partial charge in [-0.25, -0.2) is 0 Å². The van der Waals surface area contributed by atoms with E-state index in [4.69, 9.17) is 5.73 Å². The predicted octanol–water partition coefficient (Wildman–Crippen LogP) is 3.47. The fraction of sp³-hybridized carbons (Fsp3) is 0.600. The van der Waals surface area contributed by atoms with Crippen molar-refractivity contribution in [2.45, 2.75) is 47.1 Å². The van der Waals surface area contributed by atoms with Gasteiger partial charge in [0.15, 0.2) is 0 Å². The highest BCUT2D eigenvalue weighted by Gasteiger charge is 2.16. The van der Waals surface area contributed by atoms with Gasteiger partial charge in [0.05, 0.1) is 0 Å². The highest BCUT2D eigenvalue weighted by molar-refractivity contribution is 5.30. The van der Waals surface area contributed by atoms with Crippen LogP contribution in [0.1, 0.15) is 37.5 Å². The Morgan fingerprint density at radius 2 is 1.69 bits per heavy atom. The van der Waals surface area contributed by atoms with E-state index in [0.717, 1.165) is 6.42 Å². The Kier molecular flexibility index (Phi) is 4.55. The van der Waals surface area contributed by atoms with Crippen molar-refractivity contribution in [1.82, 2.24) is 0 Å². The molecule has 0 aliphatic rings. The van der Waals surface area contributed by atoms with Crippen molar-refractivity contribution in [3.05, 3.63) is 34.9 Å². The van der Waals surface area contributed by atoms with Crippen LogP contribution < -0.4 is 5.73 Å². The molecule has 0 radical (unpaired) electrons. The second-order valence-electron chi connectivity index (χ2n) is 5.39. The zero-order valence-corrected chi connectivity index (χ0v) is 11.2. The summed E-state index contributed by atoms with van der Waals surface area (Å²) >= 11 is 0. The van der Waals surface area contributed by atoms with Gasteiger partial charge in [-0.2, -0.15) is 0 Å². The van der Waals surface area contributed by atoms with Crippen molar-refractivity contribution in [2.24, 2.45) is 17.6 Å². The summed E-state index contributed by atoms with van der Waals surface area (Å²) in [5.41, 5.74) is 10.3.